The van der Waals surface area contributed by atoms with Crippen molar-refractivity contribution in [3.8, 4) is 11.5 Å². The molecule has 0 fully saturated rings. The highest BCUT2D eigenvalue weighted by molar-refractivity contribution is 6.37. The number of nitrogens with zero attached hydrogens (tertiary/aromatic N) is 1. The van der Waals surface area contributed by atoms with E-state index in [4.69, 9.17) is 15.2 Å². The zero-order chi connectivity index (χ0) is 24.9. The van der Waals surface area contributed by atoms with Gasteiger partial charge in [0.1, 0.15) is 0 Å². The fourth-order valence-electron chi connectivity index (χ4n) is 3.89. The Labute approximate surface area is 204 Å². The van der Waals surface area contributed by atoms with E-state index in [0.29, 0.717) is 47.4 Å². The van der Waals surface area contributed by atoms with Gasteiger partial charge in [-0.1, -0.05) is 30.3 Å². The standard InChI is InChI=1S/C27H28N4O4/c1-4-34-22-15-20-21(16-23(22)35-5-2)30-26(32)24(20)25(17-9-7-6-8-10-17)29-18-11-13-19(14-12-18)31(3)27(28)33/h6-16,29H,4-5H2,1-3H3,(H2,28,33)(H,30,32)/b25-24-. The Kier molecular flexibility index (Phi) is 6.91. The average molecular weight is 473 g/mol. The van der Waals surface area contributed by atoms with Crippen LogP contribution in [0.2, 0.25) is 0 Å². The molecule has 0 atom stereocenters. The van der Waals surface area contributed by atoms with Crippen LogP contribution in [0.15, 0.2) is 66.7 Å². The maximum atomic E-state index is 13.2. The van der Waals surface area contributed by atoms with Gasteiger partial charge in [-0.05, 0) is 49.7 Å². The highest BCUT2D eigenvalue weighted by Crippen LogP contribution is 2.43. The van der Waals surface area contributed by atoms with E-state index in [2.05, 4.69) is 10.6 Å². The first-order chi connectivity index (χ1) is 16.9. The summed E-state index contributed by atoms with van der Waals surface area (Å²) in [5.74, 6) is 0.930. The number of rotatable bonds is 8. The molecule has 0 bridgehead atoms. The molecule has 0 radical (unpaired) electrons. The van der Waals surface area contributed by atoms with Crippen molar-refractivity contribution in [1.82, 2.24) is 0 Å². The Morgan fingerprint density at radius 1 is 0.971 bits per heavy atom. The fourth-order valence-corrected chi connectivity index (χ4v) is 3.89. The van der Waals surface area contributed by atoms with E-state index in [1.54, 1.807) is 25.2 Å². The number of carbonyl (C=O) groups excluding carboxylic acids is 2. The molecule has 0 aliphatic carbocycles. The summed E-state index contributed by atoms with van der Waals surface area (Å²) in [7, 11) is 1.61. The summed E-state index contributed by atoms with van der Waals surface area (Å²) in [6.07, 6.45) is 0. The lowest BCUT2D eigenvalue weighted by Crippen LogP contribution is -2.31. The van der Waals surface area contributed by atoms with Gasteiger partial charge in [-0.2, -0.15) is 0 Å². The topological polar surface area (TPSA) is 106 Å². The van der Waals surface area contributed by atoms with Crippen LogP contribution in [0.1, 0.15) is 25.0 Å². The van der Waals surface area contributed by atoms with Gasteiger partial charge in [0.15, 0.2) is 11.5 Å². The maximum Gasteiger partial charge on any atom is 0.318 e. The number of ether oxygens (including phenoxy) is 2. The lowest BCUT2D eigenvalue weighted by Gasteiger charge is -2.18. The minimum atomic E-state index is -0.548. The maximum absolute atomic E-state index is 13.2. The van der Waals surface area contributed by atoms with Gasteiger partial charge < -0.3 is 25.8 Å². The summed E-state index contributed by atoms with van der Waals surface area (Å²) >= 11 is 0. The van der Waals surface area contributed by atoms with Crippen LogP contribution < -0.4 is 30.7 Å². The molecule has 0 saturated heterocycles. The van der Waals surface area contributed by atoms with Crippen molar-refractivity contribution >= 4 is 40.3 Å². The summed E-state index contributed by atoms with van der Waals surface area (Å²) in [6, 6.07) is 19.9. The first kappa shape index (κ1) is 23.7. The van der Waals surface area contributed by atoms with Crippen LogP contribution in [0.3, 0.4) is 0 Å². The fraction of sp³-hybridized carbons (Fsp3) is 0.185. The zero-order valence-corrected chi connectivity index (χ0v) is 19.9. The van der Waals surface area contributed by atoms with Crippen LogP contribution in [0.5, 0.6) is 11.5 Å². The summed E-state index contributed by atoms with van der Waals surface area (Å²) in [5, 5.41) is 6.36. The van der Waals surface area contributed by atoms with Gasteiger partial charge in [-0.15, -0.1) is 0 Å². The number of hydrogen-bond donors (Lipinski definition) is 3. The lowest BCUT2D eigenvalue weighted by molar-refractivity contribution is -0.110. The van der Waals surface area contributed by atoms with Crippen LogP contribution in [-0.4, -0.2) is 32.2 Å². The molecule has 3 aromatic carbocycles. The van der Waals surface area contributed by atoms with Gasteiger partial charge in [-0.25, -0.2) is 4.79 Å². The predicted octanol–water partition coefficient (Wildman–Crippen LogP) is 4.93. The van der Waals surface area contributed by atoms with Crippen molar-refractivity contribution in [2.45, 2.75) is 13.8 Å². The molecule has 4 N–H and O–H groups in total. The van der Waals surface area contributed by atoms with Crippen molar-refractivity contribution in [3.63, 3.8) is 0 Å². The van der Waals surface area contributed by atoms with Crippen LogP contribution in [0.25, 0.3) is 11.3 Å². The summed E-state index contributed by atoms with van der Waals surface area (Å²) in [6.45, 7) is 4.75. The Bertz CT molecular complexity index is 1270. The third kappa shape index (κ3) is 4.91. The minimum absolute atomic E-state index is 0.229. The number of urea groups is 1. The minimum Gasteiger partial charge on any atom is -0.490 e. The second-order valence-electron chi connectivity index (χ2n) is 7.85. The molecule has 0 aromatic heterocycles. The quantitative estimate of drug-likeness (QED) is 0.403. The molecule has 180 valence electrons. The second kappa shape index (κ2) is 10.2. The monoisotopic (exact) mass is 472 g/mol. The van der Waals surface area contributed by atoms with Crippen LogP contribution in [0, 0.1) is 0 Å². The molecular weight excluding hydrogens is 444 g/mol. The third-order valence-corrected chi connectivity index (χ3v) is 5.60. The molecular formula is C27H28N4O4. The number of fused-ring (bicyclic) bond motifs is 1. The molecule has 0 spiro atoms. The number of nitrogens with one attached hydrogen (secondary N) is 2. The van der Waals surface area contributed by atoms with Crippen molar-refractivity contribution in [1.29, 1.82) is 0 Å². The molecule has 3 aromatic rings. The van der Waals surface area contributed by atoms with Gasteiger partial charge in [0, 0.05) is 30.1 Å². The van der Waals surface area contributed by atoms with E-state index in [9.17, 15) is 9.59 Å². The molecule has 0 saturated carbocycles. The molecule has 1 aliphatic rings. The molecule has 8 nitrogen and oxygen atoms in total. The summed E-state index contributed by atoms with van der Waals surface area (Å²) < 4.78 is 11.5. The number of primary amides is 1. The van der Waals surface area contributed by atoms with E-state index in [1.165, 1.54) is 4.90 Å². The van der Waals surface area contributed by atoms with Gasteiger partial charge in [-0.3, -0.25) is 9.69 Å². The van der Waals surface area contributed by atoms with Gasteiger partial charge in [0.25, 0.3) is 5.91 Å². The van der Waals surface area contributed by atoms with E-state index in [0.717, 1.165) is 16.8 Å². The van der Waals surface area contributed by atoms with E-state index in [-0.39, 0.29) is 5.91 Å². The van der Waals surface area contributed by atoms with Crippen LogP contribution >= 0.6 is 0 Å². The molecule has 4 rings (SSSR count). The van der Waals surface area contributed by atoms with Crippen LogP contribution in [-0.2, 0) is 4.79 Å². The summed E-state index contributed by atoms with van der Waals surface area (Å²) in [5.41, 5.74) is 10.1. The number of amides is 3. The molecule has 8 heteroatoms. The number of hydrogen-bond acceptors (Lipinski definition) is 5. The largest absolute Gasteiger partial charge is 0.490 e. The number of carbonyl (C=O) groups is 2. The highest BCUT2D eigenvalue weighted by atomic mass is 16.5. The van der Waals surface area contributed by atoms with Gasteiger partial charge >= 0.3 is 6.03 Å². The zero-order valence-electron chi connectivity index (χ0n) is 19.9. The van der Waals surface area contributed by atoms with Crippen molar-refractivity contribution in [3.05, 3.63) is 77.9 Å². The summed E-state index contributed by atoms with van der Waals surface area (Å²) in [4.78, 5) is 26.1. The van der Waals surface area contributed by atoms with Crippen molar-refractivity contribution in [2.75, 3.05) is 35.8 Å². The van der Waals surface area contributed by atoms with E-state index in [1.807, 2.05) is 62.4 Å². The smallest absolute Gasteiger partial charge is 0.318 e. The normalized spacial score (nSPS) is 13.5. The van der Waals surface area contributed by atoms with E-state index >= 15 is 0 Å². The number of benzene rings is 3. The Morgan fingerprint density at radius 2 is 1.60 bits per heavy atom. The molecule has 1 heterocycles. The van der Waals surface area contributed by atoms with Crippen LogP contribution in [0.4, 0.5) is 21.9 Å². The van der Waals surface area contributed by atoms with E-state index < -0.39 is 6.03 Å². The Balaban J connectivity index is 1.82. The molecule has 35 heavy (non-hydrogen) atoms. The predicted molar refractivity (Wildman–Crippen MR) is 139 cm³/mol. The van der Waals surface area contributed by atoms with Gasteiger partial charge in [0.2, 0.25) is 0 Å². The Hall–Kier alpha value is -4.46. The van der Waals surface area contributed by atoms with Crippen molar-refractivity contribution in [2.24, 2.45) is 5.73 Å². The lowest BCUT2D eigenvalue weighted by atomic mass is 9.99. The average Bonchev–Trinajstić information content (AvgIpc) is 3.17. The highest BCUT2D eigenvalue weighted by Gasteiger charge is 2.30. The third-order valence-electron chi connectivity index (χ3n) is 5.60. The first-order valence-corrected chi connectivity index (χ1v) is 11.4. The number of anilines is 3. The molecule has 3 amide bonds. The van der Waals surface area contributed by atoms with Crippen molar-refractivity contribution < 1.29 is 19.1 Å². The molecule has 0 unspecified atom stereocenters. The SMILES string of the molecule is CCOc1cc2c(cc1OCC)/C(=C(/Nc1ccc(N(C)C(N)=O)cc1)c1ccccc1)C(=O)N2. The number of nitrogens with two attached hydrogens (primary N) is 1. The molecule has 1 aliphatic heterocycles. The van der Waals surface area contributed by atoms with Gasteiger partial charge in [0.05, 0.1) is 30.2 Å². The Morgan fingerprint density at radius 3 is 2.20 bits per heavy atom. The second-order valence-corrected chi connectivity index (χ2v) is 7.85. The first-order valence-electron chi connectivity index (χ1n) is 11.4.